The van der Waals surface area contributed by atoms with Gasteiger partial charge in [0.25, 0.3) is 0 Å². The van der Waals surface area contributed by atoms with Gasteiger partial charge in [-0.1, -0.05) is 42.5 Å². The average Bonchev–Trinajstić information content (AvgIpc) is 2.65. The third-order valence-electron chi connectivity index (χ3n) is 4.60. The van der Waals surface area contributed by atoms with E-state index < -0.39 is 0 Å². The first kappa shape index (κ1) is 17.7. The Morgan fingerprint density at radius 1 is 0.615 bits per heavy atom. The van der Waals surface area contributed by atoms with Crippen LogP contribution in [0, 0.1) is 0 Å². The highest BCUT2D eigenvalue weighted by molar-refractivity contribution is 5.44. The lowest BCUT2D eigenvalue weighted by Gasteiger charge is -2.19. The summed E-state index contributed by atoms with van der Waals surface area (Å²) in [5.74, 6) is -0.374. The molecule has 4 nitrogen and oxygen atoms in total. The van der Waals surface area contributed by atoms with Gasteiger partial charge in [-0.3, -0.25) is 0 Å². The minimum absolute atomic E-state index is 0.0911. The molecule has 0 fully saturated rings. The van der Waals surface area contributed by atoms with Crippen LogP contribution >= 0.6 is 0 Å². The molecule has 0 saturated heterocycles. The van der Waals surface area contributed by atoms with E-state index in [0.717, 1.165) is 36.0 Å². The SMILES string of the molecule is Oc1ccc(CCCC(c2ccccc2)c2ccc(O)c(O)c2)cc1O. The largest absolute Gasteiger partial charge is 0.504 e. The molecule has 3 aromatic rings. The van der Waals surface area contributed by atoms with Crippen LogP contribution in [0.4, 0.5) is 0 Å². The van der Waals surface area contributed by atoms with E-state index in [9.17, 15) is 20.4 Å². The summed E-state index contributed by atoms with van der Waals surface area (Å²) in [6.45, 7) is 0. The zero-order valence-corrected chi connectivity index (χ0v) is 14.3. The second-order valence-corrected chi connectivity index (χ2v) is 6.43. The lowest BCUT2D eigenvalue weighted by Crippen LogP contribution is -2.02. The molecule has 4 N–H and O–H groups in total. The second kappa shape index (κ2) is 7.83. The minimum atomic E-state index is -0.125. The summed E-state index contributed by atoms with van der Waals surface area (Å²) in [4.78, 5) is 0. The fourth-order valence-electron chi connectivity index (χ4n) is 3.20. The van der Waals surface area contributed by atoms with Crippen molar-refractivity contribution in [2.45, 2.75) is 25.2 Å². The minimum Gasteiger partial charge on any atom is -0.504 e. The van der Waals surface area contributed by atoms with Crippen molar-refractivity contribution in [2.24, 2.45) is 0 Å². The molecule has 3 aromatic carbocycles. The van der Waals surface area contributed by atoms with Crippen molar-refractivity contribution in [3.05, 3.63) is 83.4 Å². The van der Waals surface area contributed by atoms with Gasteiger partial charge < -0.3 is 20.4 Å². The highest BCUT2D eigenvalue weighted by atomic mass is 16.3. The van der Waals surface area contributed by atoms with Crippen molar-refractivity contribution in [3.8, 4) is 23.0 Å². The average molecular weight is 350 g/mol. The van der Waals surface area contributed by atoms with Gasteiger partial charge in [-0.25, -0.2) is 0 Å². The van der Waals surface area contributed by atoms with Gasteiger partial charge in [0.15, 0.2) is 23.0 Å². The molecule has 0 radical (unpaired) electrons. The molecule has 1 unspecified atom stereocenters. The molecule has 0 aliphatic heterocycles. The fraction of sp³-hybridized carbons (Fsp3) is 0.182. The molecule has 0 bridgehead atoms. The zero-order chi connectivity index (χ0) is 18.5. The molecule has 0 aliphatic rings. The van der Waals surface area contributed by atoms with Crippen LogP contribution in [0.3, 0.4) is 0 Å². The molecular formula is C22H22O4. The van der Waals surface area contributed by atoms with E-state index in [0.29, 0.717) is 0 Å². The highest BCUT2D eigenvalue weighted by Gasteiger charge is 2.16. The molecular weight excluding hydrogens is 328 g/mol. The zero-order valence-electron chi connectivity index (χ0n) is 14.3. The molecule has 3 rings (SSSR count). The predicted octanol–water partition coefficient (Wildman–Crippen LogP) is 4.66. The van der Waals surface area contributed by atoms with Crippen molar-refractivity contribution in [1.29, 1.82) is 0 Å². The first-order valence-corrected chi connectivity index (χ1v) is 8.62. The Kier molecular flexibility index (Phi) is 5.32. The van der Waals surface area contributed by atoms with Crippen LogP contribution in [0.1, 0.15) is 35.4 Å². The van der Waals surface area contributed by atoms with Crippen LogP contribution in [-0.2, 0) is 6.42 Å². The molecule has 0 aliphatic carbocycles. The van der Waals surface area contributed by atoms with Gasteiger partial charge in [-0.15, -0.1) is 0 Å². The maximum Gasteiger partial charge on any atom is 0.157 e. The van der Waals surface area contributed by atoms with Gasteiger partial charge in [0.2, 0.25) is 0 Å². The molecule has 0 spiro atoms. The van der Waals surface area contributed by atoms with Gasteiger partial charge in [-0.2, -0.15) is 0 Å². The first-order valence-electron chi connectivity index (χ1n) is 8.62. The number of phenols is 4. The van der Waals surface area contributed by atoms with Crippen LogP contribution in [0.2, 0.25) is 0 Å². The molecule has 0 amide bonds. The number of benzene rings is 3. The third-order valence-corrected chi connectivity index (χ3v) is 4.60. The summed E-state index contributed by atoms with van der Waals surface area (Å²) in [6.07, 6.45) is 2.47. The second-order valence-electron chi connectivity index (χ2n) is 6.43. The Morgan fingerprint density at radius 2 is 1.27 bits per heavy atom. The molecule has 0 aromatic heterocycles. The van der Waals surface area contributed by atoms with Crippen molar-refractivity contribution >= 4 is 0 Å². The summed E-state index contributed by atoms with van der Waals surface area (Å²) < 4.78 is 0. The number of aryl methyl sites for hydroxylation is 1. The van der Waals surface area contributed by atoms with Crippen LogP contribution in [-0.4, -0.2) is 20.4 Å². The van der Waals surface area contributed by atoms with Crippen LogP contribution in [0.15, 0.2) is 66.7 Å². The van der Waals surface area contributed by atoms with Gasteiger partial charge in [0, 0.05) is 5.92 Å². The lowest BCUT2D eigenvalue weighted by atomic mass is 9.86. The van der Waals surface area contributed by atoms with Crippen LogP contribution in [0.25, 0.3) is 0 Å². The van der Waals surface area contributed by atoms with Crippen molar-refractivity contribution < 1.29 is 20.4 Å². The fourth-order valence-corrected chi connectivity index (χ4v) is 3.20. The number of aromatic hydroxyl groups is 4. The maximum absolute atomic E-state index is 9.85. The molecule has 0 saturated carbocycles. The molecule has 4 heteroatoms. The van der Waals surface area contributed by atoms with Crippen molar-refractivity contribution in [2.75, 3.05) is 0 Å². The molecule has 26 heavy (non-hydrogen) atoms. The van der Waals surface area contributed by atoms with Crippen molar-refractivity contribution in [1.82, 2.24) is 0 Å². The van der Waals surface area contributed by atoms with E-state index in [4.69, 9.17) is 0 Å². The summed E-state index contributed by atoms with van der Waals surface area (Å²) in [6, 6.07) is 19.9. The normalized spacial score (nSPS) is 12.0. The first-order chi connectivity index (χ1) is 12.5. The van der Waals surface area contributed by atoms with Gasteiger partial charge in [-0.05, 0) is 60.2 Å². The van der Waals surface area contributed by atoms with E-state index in [2.05, 4.69) is 12.1 Å². The van der Waals surface area contributed by atoms with E-state index >= 15 is 0 Å². The molecule has 1 atom stereocenters. The maximum atomic E-state index is 9.85. The summed E-state index contributed by atoms with van der Waals surface area (Å²) in [7, 11) is 0. The quantitative estimate of drug-likeness (QED) is 0.487. The van der Waals surface area contributed by atoms with E-state index in [1.54, 1.807) is 18.2 Å². The molecule has 134 valence electrons. The van der Waals surface area contributed by atoms with Gasteiger partial charge >= 0.3 is 0 Å². The Labute approximate surface area is 152 Å². The van der Waals surface area contributed by atoms with Gasteiger partial charge in [0.05, 0.1) is 0 Å². The van der Waals surface area contributed by atoms with Crippen LogP contribution < -0.4 is 0 Å². The summed E-state index contributed by atoms with van der Waals surface area (Å²) >= 11 is 0. The number of hydrogen-bond acceptors (Lipinski definition) is 4. The number of rotatable bonds is 6. The topological polar surface area (TPSA) is 80.9 Å². The molecule has 0 heterocycles. The van der Waals surface area contributed by atoms with Crippen molar-refractivity contribution in [3.63, 3.8) is 0 Å². The Hall–Kier alpha value is -3.14. The standard InChI is InChI=1S/C22H22O4/c23-19-11-9-15(13-21(19)25)5-4-8-18(16-6-2-1-3-7-16)17-10-12-20(24)22(26)14-17/h1-3,6-7,9-14,18,23-26H,4-5,8H2. The van der Waals surface area contributed by atoms with Crippen LogP contribution in [0.5, 0.6) is 23.0 Å². The summed E-state index contributed by atoms with van der Waals surface area (Å²) in [5.41, 5.74) is 3.05. The lowest BCUT2D eigenvalue weighted by molar-refractivity contribution is 0.402. The monoisotopic (exact) mass is 350 g/mol. The Bertz CT molecular complexity index is 875. The Morgan fingerprint density at radius 3 is 1.92 bits per heavy atom. The van der Waals surface area contributed by atoms with Gasteiger partial charge in [0.1, 0.15) is 0 Å². The predicted molar refractivity (Wildman–Crippen MR) is 101 cm³/mol. The van der Waals surface area contributed by atoms with E-state index in [1.165, 1.54) is 12.1 Å². The highest BCUT2D eigenvalue weighted by Crippen LogP contribution is 2.35. The Balaban J connectivity index is 1.77. The van der Waals surface area contributed by atoms with E-state index in [1.807, 2.05) is 24.3 Å². The number of phenolic OH excluding ortho intramolecular Hbond substituents is 4. The smallest absolute Gasteiger partial charge is 0.157 e. The third kappa shape index (κ3) is 4.09. The summed E-state index contributed by atoms with van der Waals surface area (Å²) in [5, 5.41) is 38.5. The van der Waals surface area contributed by atoms with E-state index in [-0.39, 0.29) is 28.9 Å². The number of hydrogen-bond donors (Lipinski definition) is 4.